The quantitative estimate of drug-likeness (QED) is 0.794. The molecule has 0 saturated carbocycles. The Bertz CT molecular complexity index is 422. The van der Waals surface area contributed by atoms with E-state index in [4.69, 9.17) is 4.74 Å². The van der Waals surface area contributed by atoms with Crippen molar-refractivity contribution in [3.05, 3.63) is 35.9 Å². The number of carbonyl (C=O) groups excluding carboxylic acids is 1. The fraction of sp³-hybridized carbons (Fsp3) is 0.357. The van der Waals surface area contributed by atoms with Crippen LogP contribution in [0.5, 0.6) is 5.75 Å². The molecule has 1 aromatic rings. The van der Waals surface area contributed by atoms with Crippen LogP contribution in [0.3, 0.4) is 0 Å². The minimum absolute atomic E-state index is 0.0181. The molecule has 1 N–H and O–H groups in total. The lowest BCUT2D eigenvalue weighted by Crippen LogP contribution is -2.08. The molecule has 92 valence electrons. The van der Waals surface area contributed by atoms with Crippen LogP contribution in [0.25, 0.3) is 5.70 Å². The Morgan fingerprint density at radius 1 is 1.41 bits per heavy atom. The summed E-state index contributed by atoms with van der Waals surface area (Å²) >= 11 is 0. The summed E-state index contributed by atoms with van der Waals surface area (Å²) in [7, 11) is 1.80. The number of hydrogen-bond donors (Lipinski definition) is 1. The average molecular weight is 233 g/mol. The van der Waals surface area contributed by atoms with Crippen molar-refractivity contribution >= 4 is 11.5 Å². The van der Waals surface area contributed by atoms with Gasteiger partial charge in [0.05, 0.1) is 6.10 Å². The standard InChI is InChI=1S/C14H19NO2/c1-10(2)17-13-7-5-6-12(9-13)14(15-4)8-11(3)16/h5-10,15H,1-4H3/b14-8-. The molecular formula is C14H19NO2. The molecule has 17 heavy (non-hydrogen) atoms. The van der Waals surface area contributed by atoms with E-state index in [9.17, 15) is 4.79 Å². The molecule has 0 aliphatic carbocycles. The van der Waals surface area contributed by atoms with Crippen LogP contribution in [0.15, 0.2) is 30.3 Å². The zero-order valence-electron chi connectivity index (χ0n) is 10.8. The maximum atomic E-state index is 11.1. The highest BCUT2D eigenvalue weighted by atomic mass is 16.5. The van der Waals surface area contributed by atoms with E-state index in [1.807, 2.05) is 38.1 Å². The number of hydrogen-bond acceptors (Lipinski definition) is 3. The van der Waals surface area contributed by atoms with Crippen molar-refractivity contribution in [3.63, 3.8) is 0 Å². The first-order valence-corrected chi connectivity index (χ1v) is 5.70. The van der Waals surface area contributed by atoms with E-state index < -0.39 is 0 Å². The van der Waals surface area contributed by atoms with E-state index >= 15 is 0 Å². The predicted molar refractivity (Wildman–Crippen MR) is 69.9 cm³/mol. The molecule has 0 atom stereocenters. The van der Waals surface area contributed by atoms with Gasteiger partial charge in [0.25, 0.3) is 0 Å². The first-order chi connectivity index (χ1) is 8.02. The molecule has 0 amide bonds. The molecule has 0 spiro atoms. The zero-order valence-corrected chi connectivity index (χ0v) is 10.8. The molecule has 0 aliphatic rings. The number of ketones is 1. The maximum Gasteiger partial charge on any atom is 0.154 e. The fourth-order valence-electron chi connectivity index (χ4n) is 1.51. The topological polar surface area (TPSA) is 38.3 Å². The van der Waals surface area contributed by atoms with Gasteiger partial charge in [-0.1, -0.05) is 12.1 Å². The molecule has 0 heterocycles. The molecule has 0 radical (unpaired) electrons. The Labute approximate surface area is 102 Å². The Morgan fingerprint density at radius 3 is 2.65 bits per heavy atom. The Kier molecular flexibility index (Phi) is 4.76. The molecule has 0 bridgehead atoms. The van der Waals surface area contributed by atoms with Crippen molar-refractivity contribution in [2.24, 2.45) is 0 Å². The molecule has 0 saturated heterocycles. The van der Waals surface area contributed by atoms with Gasteiger partial charge in [0, 0.05) is 24.4 Å². The summed E-state index contributed by atoms with van der Waals surface area (Å²) < 4.78 is 5.61. The number of ether oxygens (including phenoxy) is 1. The van der Waals surface area contributed by atoms with Gasteiger partial charge in [0.15, 0.2) is 5.78 Å². The highest BCUT2D eigenvalue weighted by Crippen LogP contribution is 2.19. The zero-order chi connectivity index (χ0) is 12.8. The van der Waals surface area contributed by atoms with Gasteiger partial charge in [-0.3, -0.25) is 4.79 Å². The normalized spacial score (nSPS) is 11.5. The van der Waals surface area contributed by atoms with E-state index in [0.717, 1.165) is 17.0 Å². The molecule has 0 aromatic heterocycles. The van der Waals surface area contributed by atoms with Crippen LogP contribution in [0.4, 0.5) is 0 Å². The van der Waals surface area contributed by atoms with E-state index in [1.165, 1.54) is 6.92 Å². The molecule has 1 rings (SSSR count). The maximum absolute atomic E-state index is 11.1. The van der Waals surface area contributed by atoms with Crippen molar-refractivity contribution in [1.29, 1.82) is 0 Å². The Balaban J connectivity index is 3.01. The van der Waals surface area contributed by atoms with Crippen LogP contribution in [0, 0.1) is 0 Å². The third-order valence-electron chi connectivity index (χ3n) is 2.13. The van der Waals surface area contributed by atoms with Crippen LogP contribution < -0.4 is 10.1 Å². The van der Waals surface area contributed by atoms with Crippen LogP contribution >= 0.6 is 0 Å². The number of nitrogens with one attached hydrogen (secondary N) is 1. The van der Waals surface area contributed by atoms with Crippen molar-refractivity contribution < 1.29 is 9.53 Å². The predicted octanol–water partition coefficient (Wildman–Crippen LogP) is 2.62. The van der Waals surface area contributed by atoms with Gasteiger partial charge in [-0.05, 0) is 32.9 Å². The fourth-order valence-corrected chi connectivity index (χ4v) is 1.51. The van der Waals surface area contributed by atoms with Gasteiger partial charge in [0.1, 0.15) is 5.75 Å². The van der Waals surface area contributed by atoms with Crippen molar-refractivity contribution in [2.75, 3.05) is 7.05 Å². The summed E-state index contributed by atoms with van der Waals surface area (Å²) in [5, 5.41) is 3.01. The number of rotatable bonds is 5. The van der Waals surface area contributed by atoms with Crippen LogP contribution in [0.1, 0.15) is 26.3 Å². The second-order valence-corrected chi connectivity index (χ2v) is 4.11. The molecule has 0 fully saturated rings. The molecule has 0 aliphatic heterocycles. The van der Waals surface area contributed by atoms with Gasteiger partial charge in [0.2, 0.25) is 0 Å². The van der Waals surface area contributed by atoms with Gasteiger partial charge in [-0.15, -0.1) is 0 Å². The number of carbonyl (C=O) groups is 1. The lowest BCUT2D eigenvalue weighted by atomic mass is 10.1. The summed E-state index contributed by atoms with van der Waals surface area (Å²) in [6.45, 7) is 5.50. The summed E-state index contributed by atoms with van der Waals surface area (Å²) in [5.74, 6) is 0.826. The third-order valence-corrected chi connectivity index (χ3v) is 2.13. The van der Waals surface area contributed by atoms with Gasteiger partial charge in [-0.25, -0.2) is 0 Å². The SMILES string of the molecule is CN/C(=C\C(C)=O)c1cccc(OC(C)C)c1. The van der Waals surface area contributed by atoms with Crippen molar-refractivity contribution in [1.82, 2.24) is 5.32 Å². The van der Waals surface area contributed by atoms with Gasteiger partial charge < -0.3 is 10.1 Å². The minimum Gasteiger partial charge on any atom is -0.491 e. The molecule has 0 unspecified atom stereocenters. The first-order valence-electron chi connectivity index (χ1n) is 5.70. The second kappa shape index (κ2) is 6.09. The van der Waals surface area contributed by atoms with Crippen LogP contribution in [-0.2, 0) is 4.79 Å². The minimum atomic E-state index is 0.0181. The van der Waals surface area contributed by atoms with Gasteiger partial charge in [-0.2, -0.15) is 0 Å². The summed E-state index contributed by atoms with van der Waals surface area (Å²) in [6.07, 6.45) is 1.72. The van der Waals surface area contributed by atoms with E-state index in [1.54, 1.807) is 13.1 Å². The molecule has 3 heteroatoms. The Hall–Kier alpha value is -1.77. The smallest absolute Gasteiger partial charge is 0.154 e. The summed E-state index contributed by atoms with van der Waals surface area (Å²) in [5.41, 5.74) is 1.74. The number of allylic oxidation sites excluding steroid dienone is 1. The molecular weight excluding hydrogens is 214 g/mol. The Morgan fingerprint density at radius 2 is 2.12 bits per heavy atom. The average Bonchev–Trinajstić information content (AvgIpc) is 2.25. The first kappa shape index (κ1) is 13.3. The highest BCUT2D eigenvalue weighted by molar-refractivity contribution is 5.94. The van der Waals surface area contributed by atoms with Crippen molar-refractivity contribution in [3.8, 4) is 5.75 Å². The van der Waals surface area contributed by atoms with E-state index in [0.29, 0.717) is 0 Å². The van der Waals surface area contributed by atoms with Crippen LogP contribution in [-0.4, -0.2) is 18.9 Å². The summed E-state index contributed by atoms with van der Waals surface area (Å²) in [6, 6.07) is 7.69. The lowest BCUT2D eigenvalue weighted by molar-refractivity contribution is -0.112. The number of benzene rings is 1. The van der Waals surface area contributed by atoms with E-state index in [-0.39, 0.29) is 11.9 Å². The van der Waals surface area contributed by atoms with Gasteiger partial charge >= 0.3 is 0 Å². The second-order valence-electron chi connectivity index (χ2n) is 4.11. The molecule has 3 nitrogen and oxygen atoms in total. The molecule has 1 aromatic carbocycles. The highest BCUT2D eigenvalue weighted by Gasteiger charge is 2.03. The van der Waals surface area contributed by atoms with Crippen molar-refractivity contribution in [2.45, 2.75) is 26.9 Å². The largest absolute Gasteiger partial charge is 0.491 e. The monoisotopic (exact) mass is 233 g/mol. The third kappa shape index (κ3) is 4.31. The van der Waals surface area contributed by atoms with E-state index in [2.05, 4.69) is 5.32 Å². The summed E-state index contributed by atoms with van der Waals surface area (Å²) in [4.78, 5) is 11.1. The lowest BCUT2D eigenvalue weighted by Gasteiger charge is -2.12. The van der Waals surface area contributed by atoms with Crippen LogP contribution in [0.2, 0.25) is 0 Å².